The van der Waals surface area contributed by atoms with Crippen molar-refractivity contribution in [3.05, 3.63) is 35.9 Å². The Balaban J connectivity index is 2.39. The lowest BCUT2D eigenvalue weighted by atomic mass is 10.1. The molecule has 4 nitrogen and oxygen atoms in total. The highest BCUT2D eigenvalue weighted by atomic mass is 32.1. The number of nitrogens with zero attached hydrogens (tertiary/aromatic N) is 1. The van der Waals surface area contributed by atoms with Crippen molar-refractivity contribution >= 4 is 33.9 Å². The lowest BCUT2D eigenvalue weighted by Gasteiger charge is -2.14. The van der Waals surface area contributed by atoms with Gasteiger partial charge in [-0.05, 0) is 19.1 Å². The highest BCUT2D eigenvalue weighted by Crippen LogP contribution is 2.20. The van der Waals surface area contributed by atoms with E-state index in [1.165, 1.54) is 0 Å². The lowest BCUT2D eigenvalue weighted by Crippen LogP contribution is -2.21. The fourth-order valence-electron chi connectivity index (χ4n) is 1.76. The van der Waals surface area contributed by atoms with E-state index in [1.807, 2.05) is 37.3 Å². The monoisotopic (exact) mass is 275 g/mol. The molecule has 0 aliphatic heterocycles. The standard InChI is InChI=1S/C14H17N3OS/c1-9(18-2)8-16-14-11(13(15)19)7-10-5-3-4-6-12(10)17-14/h3-7,9H,8H2,1-2H3,(H2,15,19)(H,16,17). The first-order chi connectivity index (χ1) is 9.11. The summed E-state index contributed by atoms with van der Waals surface area (Å²) in [6, 6.07) is 9.84. The normalized spacial score (nSPS) is 12.3. The molecule has 1 aromatic heterocycles. The van der Waals surface area contributed by atoms with Crippen LogP contribution in [0.3, 0.4) is 0 Å². The van der Waals surface area contributed by atoms with Gasteiger partial charge < -0.3 is 15.8 Å². The molecule has 0 fully saturated rings. The molecular weight excluding hydrogens is 258 g/mol. The van der Waals surface area contributed by atoms with Gasteiger partial charge in [0.15, 0.2) is 0 Å². The molecule has 1 heterocycles. The highest BCUT2D eigenvalue weighted by Gasteiger charge is 2.10. The van der Waals surface area contributed by atoms with Crippen LogP contribution in [0.4, 0.5) is 5.82 Å². The number of hydrogen-bond donors (Lipinski definition) is 2. The van der Waals surface area contributed by atoms with Gasteiger partial charge in [-0.3, -0.25) is 0 Å². The Labute approximate surface area is 118 Å². The number of nitrogens with one attached hydrogen (secondary N) is 1. The Kier molecular flexibility index (Phi) is 4.29. The van der Waals surface area contributed by atoms with Crippen LogP contribution < -0.4 is 11.1 Å². The molecule has 1 aromatic carbocycles. The topological polar surface area (TPSA) is 60.2 Å². The minimum Gasteiger partial charge on any atom is -0.389 e. The van der Waals surface area contributed by atoms with Gasteiger partial charge in [0, 0.05) is 19.0 Å². The summed E-state index contributed by atoms with van der Waals surface area (Å²) < 4.78 is 5.21. The van der Waals surface area contributed by atoms with Crippen molar-refractivity contribution in [1.29, 1.82) is 0 Å². The van der Waals surface area contributed by atoms with E-state index >= 15 is 0 Å². The minimum absolute atomic E-state index is 0.0902. The number of para-hydroxylation sites is 1. The zero-order valence-electron chi connectivity index (χ0n) is 11.0. The summed E-state index contributed by atoms with van der Waals surface area (Å²) >= 11 is 5.09. The number of anilines is 1. The molecule has 0 saturated carbocycles. The van der Waals surface area contributed by atoms with Crippen molar-refractivity contribution in [3.63, 3.8) is 0 Å². The molecular formula is C14H17N3OS. The number of nitrogens with two attached hydrogens (primary N) is 1. The molecule has 1 atom stereocenters. The van der Waals surface area contributed by atoms with E-state index in [1.54, 1.807) is 7.11 Å². The zero-order valence-corrected chi connectivity index (χ0v) is 11.8. The van der Waals surface area contributed by atoms with Gasteiger partial charge in [0.2, 0.25) is 0 Å². The molecule has 0 saturated heterocycles. The Bertz CT molecular complexity index is 600. The Morgan fingerprint density at radius 3 is 2.89 bits per heavy atom. The average molecular weight is 275 g/mol. The van der Waals surface area contributed by atoms with Crippen LogP contribution in [0, 0.1) is 0 Å². The Hall–Kier alpha value is -1.72. The van der Waals surface area contributed by atoms with Crippen molar-refractivity contribution < 1.29 is 4.74 Å². The Morgan fingerprint density at radius 2 is 2.21 bits per heavy atom. The predicted octanol–water partition coefficient (Wildman–Crippen LogP) is 2.32. The summed E-state index contributed by atoms with van der Waals surface area (Å²) in [4.78, 5) is 4.91. The van der Waals surface area contributed by atoms with Gasteiger partial charge in [-0.25, -0.2) is 4.98 Å². The number of aromatic nitrogens is 1. The van der Waals surface area contributed by atoms with Crippen LogP contribution in [0.25, 0.3) is 10.9 Å². The molecule has 0 aliphatic carbocycles. The van der Waals surface area contributed by atoms with Crippen LogP contribution in [0.5, 0.6) is 0 Å². The van der Waals surface area contributed by atoms with Gasteiger partial charge in [-0.2, -0.15) is 0 Å². The fourth-order valence-corrected chi connectivity index (χ4v) is 1.92. The molecule has 2 aromatic rings. The first kappa shape index (κ1) is 13.7. The average Bonchev–Trinajstić information content (AvgIpc) is 2.43. The first-order valence-corrected chi connectivity index (χ1v) is 6.49. The van der Waals surface area contributed by atoms with Gasteiger partial charge >= 0.3 is 0 Å². The van der Waals surface area contributed by atoms with E-state index in [4.69, 9.17) is 22.7 Å². The third-order valence-corrected chi connectivity index (χ3v) is 3.17. The minimum atomic E-state index is 0.0902. The van der Waals surface area contributed by atoms with E-state index in [0.717, 1.165) is 16.5 Å². The summed E-state index contributed by atoms with van der Waals surface area (Å²) in [6.07, 6.45) is 0.0902. The summed E-state index contributed by atoms with van der Waals surface area (Å²) in [5.41, 5.74) is 7.44. The highest BCUT2D eigenvalue weighted by molar-refractivity contribution is 7.80. The van der Waals surface area contributed by atoms with Crippen molar-refractivity contribution in [2.75, 3.05) is 19.0 Å². The summed E-state index contributed by atoms with van der Waals surface area (Å²) in [5.74, 6) is 0.704. The Morgan fingerprint density at radius 1 is 1.47 bits per heavy atom. The molecule has 3 N–H and O–H groups in total. The lowest BCUT2D eigenvalue weighted by molar-refractivity contribution is 0.128. The number of ether oxygens (including phenoxy) is 1. The van der Waals surface area contributed by atoms with E-state index in [2.05, 4.69) is 10.3 Å². The molecule has 100 valence electrons. The number of pyridine rings is 1. The summed E-state index contributed by atoms with van der Waals surface area (Å²) in [5, 5.41) is 4.26. The van der Waals surface area contributed by atoms with E-state index in [0.29, 0.717) is 17.4 Å². The van der Waals surface area contributed by atoms with E-state index < -0.39 is 0 Å². The van der Waals surface area contributed by atoms with Crippen molar-refractivity contribution in [2.45, 2.75) is 13.0 Å². The van der Waals surface area contributed by atoms with Crippen molar-refractivity contribution in [3.8, 4) is 0 Å². The van der Waals surface area contributed by atoms with Gasteiger partial charge in [-0.15, -0.1) is 0 Å². The summed E-state index contributed by atoms with van der Waals surface area (Å²) in [6.45, 7) is 2.63. The molecule has 2 rings (SSSR count). The second-order valence-electron chi connectivity index (χ2n) is 4.37. The third kappa shape index (κ3) is 3.19. The van der Waals surface area contributed by atoms with Gasteiger partial charge in [0.05, 0.1) is 17.2 Å². The number of thiocarbonyl (C=S) groups is 1. The molecule has 19 heavy (non-hydrogen) atoms. The first-order valence-electron chi connectivity index (χ1n) is 6.08. The fraction of sp³-hybridized carbons (Fsp3) is 0.286. The van der Waals surface area contributed by atoms with Gasteiger partial charge in [-0.1, -0.05) is 30.4 Å². The molecule has 0 aliphatic rings. The second kappa shape index (κ2) is 5.95. The van der Waals surface area contributed by atoms with E-state index in [9.17, 15) is 0 Å². The van der Waals surface area contributed by atoms with Crippen LogP contribution in [-0.2, 0) is 4.74 Å². The predicted molar refractivity (Wildman–Crippen MR) is 82.6 cm³/mol. The largest absolute Gasteiger partial charge is 0.389 e. The molecule has 0 radical (unpaired) electrons. The number of fused-ring (bicyclic) bond motifs is 1. The van der Waals surface area contributed by atoms with Crippen LogP contribution in [0.15, 0.2) is 30.3 Å². The number of rotatable bonds is 5. The van der Waals surface area contributed by atoms with Crippen LogP contribution >= 0.6 is 12.2 Å². The molecule has 0 amide bonds. The van der Waals surface area contributed by atoms with Crippen LogP contribution in [-0.4, -0.2) is 29.7 Å². The van der Waals surface area contributed by atoms with Crippen molar-refractivity contribution in [2.24, 2.45) is 5.73 Å². The number of benzene rings is 1. The zero-order chi connectivity index (χ0) is 13.8. The maximum Gasteiger partial charge on any atom is 0.137 e. The van der Waals surface area contributed by atoms with Crippen LogP contribution in [0.1, 0.15) is 12.5 Å². The molecule has 0 bridgehead atoms. The smallest absolute Gasteiger partial charge is 0.137 e. The van der Waals surface area contributed by atoms with Gasteiger partial charge in [0.1, 0.15) is 10.8 Å². The number of hydrogen-bond acceptors (Lipinski definition) is 4. The number of methoxy groups -OCH3 is 1. The molecule has 1 unspecified atom stereocenters. The maximum atomic E-state index is 5.76. The molecule has 0 spiro atoms. The second-order valence-corrected chi connectivity index (χ2v) is 4.81. The SMILES string of the molecule is COC(C)CNc1nc2ccccc2cc1C(N)=S. The molecule has 5 heteroatoms. The maximum absolute atomic E-state index is 5.76. The van der Waals surface area contributed by atoms with Gasteiger partial charge in [0.25, 0.3) is 0 Å². The van der Waals surface area contributed by atoms with Crippen LogP contribution in [0.2, 0.25) is 0 Å². The quantitative estimate of drug-likeness (QED) is 0.820. The third-order valence-electron chi connectivity index (χ3n) is 2.95. The van der Waals surface area contributed by atoms with Crippen molar-refractivity contribution in [1.82, 2.24) is 4.98 Å². The summed E-state index contributed by atoms with van der Waals surface area (Å²) in [7, 11) is 1.68. The van der Waals surface area contributed by atoms with E-state index in [-0.39, 0.29) is 6.10 Å².